The molecule has 0 saturated heterocycles. The first-order valence-electron chi connectivity index (χ1n) is 9.09. The third kappa shape index (κ3) is 4.47. The van der Waals surface area contributed by atoms with Gasteiger partial charge in [0.1, 0.15) is 11.5 Å². The molecule has 2 aromatic heterocycles. The van der Waals surface area contributed by atoms with Crippen molar-refractivity contribution in [3.05, 3.63) is 84.5 Å². The number of rotatable bonds is 7. The van der Waals surface area contributed by atoms with E-state index in [1.54, 1.807) is 18.5 Å². The smallest absolute Gasteiger partial charge is 0.268 e. The van der Waals surface area contributed by atoms with Crippen LogP contribution < -0.4 is 10.2 Å². The van der Waals surface area contributed by atoms with E-state index in [4.69, 9.17) is 0 Å². The summed E-state index contributed by atoms with van der Waals surface area (Å²) in [6.45, 7) is 1.78. The molecule has 0 saturated carbocycles. The summed E-state index contributed by atoms with van der Waals surface area (Å²) >= 11 is 0. The van der Waals surface area contributed by atoms with E-state index in [0.717, 1.165) is 22.5 Å². The lowest BCUT2D eigenvalue weighted by Crippen LogP contribution is -2.30. The number of aliphatic hydroxyl groups excluding tert-OH is 1. The maximum Gasteiger partial charge on any atom is 0.268 e. The van der Waals surface area contributed by atoms with E-state index in [9.17, 15) is 9.90 Å². The molecule has 0 spiro atoms. The molecule has 3 N–H and O–H groups in total. The van der Waals surface area contributed by atoms with Gasteiger partial charge in [0.2, 0.25) is 0 Å². The number of hydrogen-bond acceptors (Lipinski definition) is 4. The first-order chi connectivity index (χ1) is 13.6. The molecule has 6 heteroatoms. The molecular formula is C22H24N4O2. The minimum absolute atomic E-state index is 0.172. The molecule has 28 heavy (non-hydrogen) atoms. The van der Waals surface area contributed by atoms with Crippen LogP contribution in [0.5, 0.6) is 0 Å². The van der Waals surface area contributed by atoms with E-state index in [-0.39, 0.29) is 12.5 Å². The fourth-order valence-corrected chi connectivity index (χ4v) is 2.94. The van der Waals surface area contributed by atoms with E-state index in [1.165, 1.54) is 0 Å². The van der Waals surface area contributed by atoms with Crippen LogP contribution in [0.15, 0.2) is 73.2 Å². The number of benzene rings is 1. The number of allylic oxidation sites excluding steroid dienone is 1. The fraction of sp³-hybridized carbons (Fsp3) is 0.182. The number of aromatic amines is 1. The van der Waals surface area contributed by atoms with Crippen molar-refractivity contribution in [1.82, 2.24) is 15.3 Å². The van der Waals surface area contributed by atoms with Crippen molar-refractivity contribution < 1.29 is 9.90 Å². The Morgan fingerprint density at radius 1 is 1.25 bits per heavy atom. The van der Waals surface area contributed by atoms with Crippen molar-refractivity contribution in [1.29, 1.82) is 0 Å². The van der Waals surface area contributed by atoms with Crippen LogP contribution in [0.4, 0.5) is 5.82 Å². The maximum absolute atomic E-state index is 12.6. The van der Waals surface area contributed by atoms with Crippen molar-refractivity contribution in [3.63, 3.8) is 0 Å². The number of carbonyl (C=O) groups is 1. The topological polar surface area (TPSA) is 81.2 Å². The number of amides is 1. The zero-order valence-electron chi connectivity index (χ0n) is 16.0. The lowest BCUT2D eigenvalue weighted by molar-refractivity contribution is 0.0912. The molecule has 2 heterocycles. The van der Waals surface area contributed by atoms with Gasteiger partial charge in [-0.05, 0) is 36.2 Å². The first kappa shape index (κ1) is 19.4. The molecule has 144 valence electrons. The van der Waals surface area contributed by atoms with Crippen LogP contribution in [-0.2, 0) is 0 Å². The molecule has 0 bridgehead atoms. The summed E-state index contributed by atoms with van der Waals surface area (Å²) in [6.07, 6.45) is 7.41. The Hall–Kier alpha value is -3.38. The summed E-state index contributed by atoms with van der Waals surface area (Å²) < 4.78 is 0. The van der Waals surface area contributed by atoms with Crippen LogP contribution >= 0.6 is 0 Å². The summed E-state index contributed by atoms with van der Waals surface area (Å²) in [5.41, 5.74) is 3.14. The maximum atomic E-state index is 12.6. The van der Waals surface area contributed by atoms with E-state index >= 15 is 0 Å². The van der Waals surface area contributed by atoms with Gasteiger partial charge in [0.25, 0.3) is 5.91 Å². The highest BCUT2D eigenvalue weighted by atomic mass is 16.3. The third-order valence-electron chi connectivity index (χ3n) is 4.43. The van der Waals surface area contributed by atoms with E-state index in [1.807, 2.05) is 73.6 Å². The first-order valence-corrected chi connectivity index (χ1v) is 9.09. The Balaban J connectivity index is 1.76. The van der Waals surface area contributed by atoms with E-state index in [2.05, 4.69) is 15.3 Å². The molecular weight excluding hydrogens is 352 g/mol. The molecule has 1 amide bonds. The van der Waals surface area contributed by atoms with Gasteiger partial charge in [-0.15, -0.1) is 0 Å². The number of anilines is 1. The summed E-state index contributed by atoms with van der Waals surface area (Å²) in [5.74, 6) is 0.543. The highest BCUT2D eigenvalue weighted by molar-refractivity contribution is 5.94. The van der Waals surface area contributed by atoms with E-state index < -0.39 is 6.04 Å². The quantitative estimate of drug-likeness (QED) is 0.589. The molecule has 0 aliphatic rings. The van der Waals surface area contributed by atoms with Gasteiger partial charge in [0.05, 0.1) is 12.6 Å². The molecule has 0 aliphatic carbocycles. The lowest BCUT2D eigenvalue weighted by Gasteiger charge is -2.16. The second-order valence-electron chi connectivity index (χ2n) is 6.42. The highest BCUT2D eigenvalue weighted by Gasteiger charge is 2.16. The number of nitrogens with one attached hydrogen (secondary N) is 2. The van der Waals surface area contributed by atoms with Crippen molar-refractivity contribution in [2.45, 2.75) is 13.0 Å². The van der Waals surface area contributed by atoms with Crippen LogP contribution in [-0.4, -0.2) is 34.6 Å². The standard InChI is InChI=1S/C22H24N4O2/c1-3-11-26(2)21-13-17(9-10-23-21)18-12-19(24-14-18)22(28)25-20(15-27)16-7-5-4-6-8-16/h3-14,20,24,27H,15H2,1-2H3,(H,25,28)/b11-3-. The molecule has 1 unspecified atom stereocenters. The highest BCUT2D eigenvalue weighted by Crippen LogP contribution is 2.24. The summed E-state index contributed by atoms with van der Waals surface area (Å²) in [7, 11) is 1.93. The SMILES string of the molecule is C/C=C\N(C)c1cc(-c2c[nH]c(C(=O)NC(CO)c3ccccc3)c2)ccn1. The number of carbonyl (C=O) groups excluding carboxylic acids is 1. The Morgan fingerprint density at radius 2 is 2.04 bits per heavy atom. The van der Waals surface area contributed by atoms with Crippen molar-refractivity contribution in [3.8, 4) is 11.1 Å². The molecule has 0 aliphatic heterocycles. The third-order valence-corrected chi connectivity index (χ3v) is 4.43. The average molecular weight is 376 g/mol. The zero-order valence-corrected chi connectivity index (χ0v) is 16.0. The number of H-pyrrole nitrogens is 1. The number of pyridine rings is 1. The monoisotopic (exact) mass is 376 g/mol. The molecule has 3 aromatic rings. The van der Waals surface area contributed by atoms with Crippen LogP contribution in [0, 0.1) is 0 Å². The van der Waals surface area contributed by atoms with Gasteiger partial charge in [-0.1, -0.05) is 36.4 Å². The molecule has 1 aromatic carbocycles. The minimum atomic E-state index is -0.456. The Morgan fingerprint density at radius 3 is 2.75 bits per heavy atom. The predicted molar refractivity (Wildman–Crippen MR) is 111 cm³/mol. The summed E-state index contributed by atoms with van der Waals surface area (Å²) in [6, 6.07) is 14.6. The van der Waals surface area contributed by atoms with Gasteiger partial charge >= 0.3 is 0 Å². The van der Waals surface area contributed by atoms with Crippen molar-refractivity contribution >= 4 is 11.7 Å². The lowest BCUT2D eigenvalue weighted by atomic mass is 10.1. The number of hydrogen-bond donors (Lipinski definition) is 3. The zero-order chi connectivity index (χ0) is 19.9. The average Bonchev–Trinajstić information content (AvgIpc) is 3.23. The summed E-state index contributed by atoms with van der Waals surface area (Å²) in [5, 5.41) is 12.5. The second-order valence-corrected chi connectivity index (χ2v) is 6.42. The van der Waals surface area contributed by atoms with Gasteiger partial charge in [-0.2, -0.15) is 0 Å². The van der Waals surface area contributed by atoms with Crippen LogP contribution in [0.25, 0.3) is 11.1 Å². The Kier molecular flexibility index (Phi) is 6.24. The van der Waals surface area contributed by atoms with Gasteiger partial charge in [0.15, 0.2) is 0 Å². The Bertz CT molecular complexity index is 950. The van der Waals surface area contributed by atoms with Gasteiger partial charge in [0, 0.05) is 31.2 Å². The number of aliphatic hydroxyl groups is 1. The summed E-state index contributed by atoms with van der Waals surface area (Å²) in [4.78, 5) is 21.9. The van der Waals surface area contributed by atoms with Gasteiger partial charge in [-0.3, -0.25) is 4.79 Å². The Labute approximate surface area is 164 Å². The van der Waals surface area contributed by atoms with Gasteiger partial charge < -0.3 is 20.3 Å². The molecule has 3 rings (SSSR count). The number of aromatic nitrogens is 2. The normalized spacial score (nSPS) is 12.1. The molecule has 6 nitrogen and oxygen atoms in total. The van der Waals surface area contributed by atoms with Gasteiger partial charge in [-0.25, -0.2) is 4.98 Å². The van der Waals surface area contributed by atoms with Crippen LogP contribution in [0.2, 0.25) is 0 Å². The predicted octanol–water partition coefficient (Wildman–Crippen LogP) is 3.51. The van der Waals surface area contributed by atoms with Crippen molar-refractivity contribution in [2.75, 3.05) is 18.6 Å². The van der Waals surface area contributed by atoms with E-state index in [0.29, 0.717) is 5.69 Å². The van der Waals surface area contributed by atoms with Crippen molar-refractivity contribution in [2.24, 2.45) is 0 Å². The molecule has 0 fully saturated rings. The number of nitrogens with zero attached hydrogens (tertiary/aromatic N) is 2. The van der Waals surface area contributed by atoms with Crippen LogP contribution in [0.1, 0.15) is 29.0 Å². The molecule has 0 radical (unpaired) electrons. The minimum Gasteiger partial charge on any atom is -0.394 e. The fourth-order valence-electron chi connectivity index (χ4n) is 2.94. The molecule has 1 atom stereocenters. The largest absolute Gasteiger partial charge is 0.394 e. The second kappa shape index (κ2) is 9.01. The van der Waals surface area contributed by atoms with Crippen LogP contribution in [0.3, 0.4) is 0 Å².